The van der Waals surface area contributed by atoms with E-state index in [1.165, 1.54) is 23.2 Å². The summed E-state index contributed by atoms with van der Waals surface area (Å²) in [6.07, 6.45) is 5.50. The van der Waals surface area contributed by atoms with Crippen LogP contribution in [0.15, 0.2) is 46.2 Å². The molecule has 0 spiro atoms. The summed E-state index contributed by atoms with van der Waals surface area (Å²) >= 11 is 0. The van der Waals surface area contributed by atoms with E-state index in [4.69, 9.17) is 4.42 Å². The number of nitrogens with zero attached hydrogens (tertiary/aromatic N) is 2. The first-order valence-electron chi connectivity index (χ1n) is 4.34. The summed E-state index contributed by atoms with van der Waals surface area (Å²) in [5.41, 5.74) is -0.308. The van der Waals surface area contributed by atoms with Crippen LogP contribution in [0.3, 0.4) is 0 Å². The Bertz CT molecular complexity index is 513. The number of carbonyl (C=O) groups is 1. The topological polar surface area (TPSA) is 65.1 Å². The minimum atomic E-state index is -0.308. The van der Waals surface area contributed by atoms with Crippen molar-refractivity contribution < 1.29 is 9.21 Å². The smallest absolute Gasteiger partial charge is 0.269 e. The molecule has 0 saturated heterocycles. The van der Waals surface area contributed by atoms with Crippen molar-refractivity contribution in [2.45, 2.75) is 6.54 Å². The lowest BCUT2D eigenvalue weighted by Crippen LogP contribution is -2.23. The minimum Gasteiger partial charge on any atom is -0.461 e. The largest absolute Gasteiger partial charge is 0.461 e. The number of aromatic nitrogens is 2. The molecule has 5 nitrogen and oxygen atoms in total. The van der Waals surface area contributed by atoms with Crippen LogP contribution in [0.1, 0.15) is 10.6 Å². The highest BCUT2D eigenvalue weighted by Gasteiger charge is 2.09. The van der Waals surface area contributed by atoms with Crippen molar-refractivity contribution in [3.63, 3.8) is 0 Å². The Morgan fingerprint density at radius 1 is 1.53 bits per heavy atom. The van der Waals surface area contributed by atoms with Crippen molar-refractivity contribution in [1.29, 1.82) is 0 Å². The quantitative estimate of drug-likeness (QED) is 0.691. The van der Waals surface area contributed by atoms with E-state index in [0.29, 0.717) is 0 Å². The van der Waals surface area contributed by atoms with Crippen molar-refractivity contribution >= 4 is 5.78 Å². The lowest BCUT2D eigenvalue weighted by Gasteiger charge is -2.00. The zero-order chi connectivity index (χ0) is 10.7. The Balaban J connectivity index is 2.20. The maximum Gasteiger partial charge on any atom is 0.269 e. The maximum absolute atomic E-state index is 11.6. The zero-order valence-corrected chi connectivity index (χ0v) is 7.79. The summed E-state index contributed by atoms with van der Waals surface area (Å²) in [5, 5.41) is 0. The van der Waals surface area contributed by atoms with Gasteiger partial charge in [0.05, 0.1) is 19.0 Å². The van der Waals surface area contributed by atoms with E-state index >= 15 is 0 Å². The van der Waals surface area contributed by atoms with Gasteiger partial charge in [0.2, 0.25) is 5.78 Å². The molecule has 2 aromatic heterocycles. The molecule has 0 amide bonds. The minimum absolute atomic E-state index is 0.0329. The van der Waals surface area contributed by atoms with Gasteiger partial charge in [0.1, 0.15) is 0 Å². The van der Waals surface area contributed by atoms with Crippen LogP contribution in [0.5, 0.6) is 0 Å². The van der Waals surface area contributed by atoms with Crippen molar-refractivity contribution in [3.8, 4) is 0 Å². The Labute approximate surface area is 85.0 Å². The van der Waals surface area contributed by atoms with Gasteiger partial charge in [-0.05, 0) is 12.1 Å². The van der Waals surface area contributed by atoms with Crippen LogP contribution in [0.25, 0.3) is 0 Å². The molecule has 0 aliphatic rings. The average molecular weight is 204 g/mol. The molecule has 5 heteroatoms. The van der Waals surface area contributed by atoms with Crippen molar-refractivity contribution in [3.05, 3.63) is 53.1 Å². The molecule has 2 heterocycles. The Morgan fingerprint density at radius 2 is 2.40 bits per heavy atom. The lowest BCUT2D eigenvalue weighted by atomic mass is 10.3. The van der Waals surface area contributed by atoms with Crippen molar-refractivity contribution in [2.75, 3.05) is 0 Å². The zero-order valence-electron chi connectivity index (χ0n) is 7.79. The average Bonchev–Trinajstić information content (AvgIpc) is 2.74. The second-order valence-corrected chi connectivity index (χ2v) is 2.94. The van der Waals surface area contributed by atoms with Gasteiger partial charge in [0, 0.05) is 12.4 Å². The van der Waals surface area contributed by atoms with Crippen LogP contribution in [-0.4, -0.2) is 15.3 Å². The van der Waals surface area contributed by atoms with E-state index in [2.05, 4.69) is 4.98 Å². The predicted molar refractivity (Wildman–Crippen MR) is 51.5 cm³/mol. The molecular weight excluding hydrogens is 196 g/mol. The molecule has 15 heavy (non-hydrogen) atoms. The van der Waals surface area contributed by atoms with Gasteiger partial charge < -0.3 is 8.98 Å². The first kappa shape index (κ1) is 9.39. The number of ketones is 1. The summed E-state index contributed by atoms with van der Waals surface area (Å²) in [6, 6.07) is 3.19. The molecule has 0 aliphatic carbocycles. The number of hydrogen-bond donors (Lipinski definition) is 0. The molecule has 0 bridgehead atoms. The monoisotopic (exact) mass is 204 g/mol. The summed E-state index contributed by atoms with van der Waals surface area (Å²) in [5.74, 6) is 0.00649. The van der Waals surface area contributed by atoms with Gasteiger partial charge in [0.25, 0.3) is 5.56 Å². The number of carbonyl (C=O) groups excluding carboxylic acids is 1. The highest BCUT2D eigenvalue weighted by molar-refractivity contribution is 5.93. The SMILES string of the molecule is O=C(Cn1ccncc1=O)c1ccco1. The van der Waals surface area contributed by atoms with Crippen molar-refractivity contribution in [2.24, 2.45) is 0 Å². The standard InChI is InChI=1S/C10H8N2O3/c13-8(9-2-1-5-15-9)7-12-4-3-11-6-10(12)14/h1-6H,7H2. The fraction of sp³-hybridized carbons (Fsp3) is 0.100. The van der Waals surface area contributed by atoms with Gasteiger partial charge in [-0.1, -0.05) is 0 Å². The second-order valence-electron chi connectivity index (χ2n) is 2.94. The molecule has 0 atom stereocenters. The lowest BCUT2D eigenvalue weighted by molar-refractivity contribution is 0.0943. The van der Waals surface area contributed by atoms with Gasteiger partial charge in [-0.25, -0.2) is 0 Å². The summed E-state index contributed by atoms with van der Waals surface area (Å²) < 4.78 is 6.20. The van der Waals surface area contributed by atoms with Gasteiger partial charge in [-0.15, -0.1) is 0 Å². The van der Waals surface area contributed by atoms with Gasteiger partial charge >= 0.3 is 0 Å². The van der Waals surface area contributed by atoms with E-state index in [9.17, 15) is 9.59 Å². The second kappa shape index (κ2) is 3.91. The number of furan rings is 1. The summed E-state index contributed by atoms with van der Waals surface area (Å²) in [6.45, 7) is -0.0329. The molecule has 76 valence electrons. The molecular formula is C10H8N2O3. The maximum atomic E-state index is 11.6. The number of hydrogen-bond acceptors (Lipinski definition) is 4. The van der Waals surface area contributed by atoms with E-state index in [1.807, 2.05) is 0 Å². The van der Waals surface area contributed by atoms with Gasteiger partial charge in [0.15, 0.2) is 5.76 Å². The molecule has 2 rings (SSSR count). The Morgan fingerprint density at radius 3 is 3.07 bits per heavy atom. The molecule has 0 unspecified atom stereocenters. The Hall–Kier alpha value is -2.17. The summed E-state index contributed by atoms with van der Waals surface area (Å²) in [4.78, 5) is 26.4. The third-order valence-corrected chi connectivity index (χ3v) is 1.91. The third kappa shape index (κ3) is 2.01. The summed E-state index contributed by atoms with van der Waals surface area (Å²) in [7, 11) is 0. The highest BCUT2D eigenvalue weighted by Crippen LogP contribution is 2.01. The number of Topliss-reactive ketones (excluding diaryl/α,β-unsaturated/α-hetero) is 1. The number of rotatable bonds is 3. The fourth-order valence-corrected chi connectivity index (χ4v) is 1.17. The van der Waals surface area contributed by atoms with Crippen LogP contribution in [0.4, 0.5) is 0 Å². The first-order chi connectivity index (χ1) is 7.27. The first-order valence-corrected chi connectivity index (χ1v) is 4.34. The fourth-order valence-electron chi connectivity index (χ4n) is 1.17. The normalized spacial score (nSPS) is 10.1. The van der Waals surface area contributed by atoms with E-state index in [0.717, 1.165) is 6.20 Å². The third-order valence-electron chi connectivity index (χ3n) is 1.91. The van der Waals surface area contributed by atoms with Gasteiger partial charge in [-0.3, -0.25) is 14.6 Å². The van der Waals surface area contributed by atoms with E-state index < -0.39 is 0 Å². The van der Waals surface area contributed by atoms with E-state index in [-0.39, 0.29) is 23.6 Å². The van der Waals surface area contributed by atoms with Crippen LogP contribution in [0, 0.1) is 0 Å². The molecule has 0 N–H and O–H groups in total. The van der Waals surface area contributed by atoms with Gasteiger partial charge in [-0.2, -0.15) is 0 Å². The van der Waals surface area contributed by atoms with Crippen LogP contribution >= 0.6 is 0 Å². The van der Waals surface area contributed by atoms with E-state index in [1.54, 1.807) is 12.1 Å². The molecule has 0 fully saturated rings. The molecule has 2 aromatic rings. The molecule has 0 aromatic carbocycles. The Kier molecular flexibility index (Phi) is 2.45. The van der Waals surface area contributed by atoms with Crippen LogP contribution in [0.2, 0.25) is 0 Å². The molecule has 0 aliphatic heterocycles. The van der Waals surface area contributed by atoms with Crippen LogP contribution in [-0.2, 0) is 6.54 Å². The van der Waals surface area contributed by atoms with Crippen LogP contribution < -0.4 is 5.56 Å². The highest BCUT2D eigenvalue weighted by atomic mass is 16.3. The van der Waals surface area contributed by atoms with Crippen molar-refractivity contribution in [1.82, 2.24) is 9.55 Å². The molecule has 0 radical (unpaired) electrons. The predicted octanol–water partition coefficient (Wildman–Crippen LogP) is 0.719. The molecule has 0 saturated carbocycles.